The average Bonchev–Trinajstić information content (AvgIpc) is 3.14. The maximum atomic E-state index is 13.1. The summed E-state index contributed by atoms with van der Waals surface area (Å²) < 4.78 is 26.8. The second-order valence-corrected chi connectivity index (χ2v) is 5.88. The number of halogens is 1. The van der Waals surface area contributed by atoms with Crippen molar-refractivity contribution in [3.05, 3.63) is 77.2 Å². The highest BCUT2D eigenvalue weighted by Gasteiger charge is 2.12. The Bertz CT molecular complexity index is 1180. The van der Waals surface area contributed by atoms with Crippen LogP contribution in [0.25, 0.3) is 22.6 Å². The van der Waals surface area contributed by atoms with Gasteiger partial charge in [0.2, 0.25) is 5.65 Å². The highest BCUT2D eigenvalue weighted by molar-refractivity contribution is 5.66. The molecule has 0 aliphatic carbocycles. The summed E-state index contributed by atoms with van der Waals surface area (Å²) in [6, 6.07) is 11.2. The minimum absolute atomic E-state index is 0.270. The van der Waals surface area contributed by atoms with Crippen molar-refractivity contribution in [2.24, 2.45) is 0 Å². The summed E-state index contributed by atoms with van der Waals surface area (Å²) in [6.45, 7) is 0. The van der Waals surface area contributed by atoms with Crippen molar-refractivity contribution in [2.75, 3.05) is 14.2 Å². The maximum Gasteiger partial charge on any atom is 0.298 e. The summed E-state index contributed by atoms with van der Waals surface area (Å²) in [5.41, 5.74) is 1.97. The largest absolute Gasteiger partial charge is 0.493 e. The molecular formula is C20H16FN3O3. The van der Waals surface area contributed by atoms with Crippen LogP contribution in [0.1, 0.15) is 0 Å². The van der Waals surface area contributed by atoms with Crippen LogP contribution in [-0.2, 0) is 0 Å². The fraction of sp³-hybridized carbons (Fsp3) is 0.100. The molecule has 0 bridgehead atoms. The lowest BCUT2D eigenvalue weighted by atomic mass is 10.1. The third-order valence-corrected chi connectivity index (χ3v) is 4.30. The molecule has 0 amide bonds. The van der Waals surface area contributed by atoms with Crippen LogP contribution in [0.2, 0.25) is 0 Å². The van der Waals surface area contributed by atoms with Gasteiger partial charge >= 0.3 is 0 Å². The summed E-state index contributed by atoms with van der Waals surface area (Å²) >= 11 is 0. The van der Waals surface area contributed by atoms with Gasteiger partial charge < -0.3 is 13.9 Å². The van der Waals surface area contributed by atoms with Crippen LogP contribution in [-0.4, -0.2) is 28.2 Å². The van der Waals surface area contributed by atoms with Crippen molar-refractivity contribution in [3.8, 4) is 28.4 Å². The highest BCUT2D eigenvalue weighted by atomic mass is 19.1. The number of benzene rings is 2. The quantitative estimate of drug-likeness (QED) is 0.557. The summed E-state index contributed by atoms with van der Waals surface area (Å²) in [7, 11) is 3.13. The van der Waals surface area contributed by atoms with E-state index in [1.54, 1.807) is 61.5 Å². The van der Waals surface area contributed by atoms with Gasteiger partial charge in [-0.2, -0.15) is 0 Å². The van der Waals surface area contributed by atoms with Crippen LogP contribution in [0.4, 0.5) is 4.39 Å². The second-order valence-electron chi connectivity index (χ2n) is 5.88. The van der Waals surface area contributed by atoms with Crippen LogP contribution in [0.5, 0.6) is 11.5 Å². The number of imidazole rings is 1. The molecule has 0 radical (unpaired) electrons. The van der Waals surface area contributed by atoms with Crippen molar-refractivity contribution in [1.29, 1.82) is 0 Å². The second kappa shape index (κ2) is 6.60. The Morgan fingerprint density at radius 2 is 1.70 bits per heavy atom. The maximum absolute atomic E-state index is 13.1. The highest BCUT2D eigenvalue weighted by Crippen LogP contribution is 2.31. The Hall–Kier alpha value is -3.61. The minimum Gasteiger partial charge on any atom is -0.493 e. The number of methoxy groups -OCH3 is 2. The van der Waals surface area contributed by atoms with Crippen molar-refractivity contribution < 1.29 is 13.9 Å². The van der Waals surface area contributed by atoms with Crippen molar-refractivity contribution in [2.45, 2.75) is 0 Å². The van der Waals surface area contributed by atoms with Crippen molar-refractivity contribution in [3.63, 3.8) is 0 Å². The molecule has 0 spiro atoms. The molecule has 0 aliphatic rings. The number of ether oxygens (including phenoxy) is 2. The number of rotatable bonds is 4. The third kappa shape index (κ3) is 2.93. The predicted octanol–water partition coefficient (Wildman–Crippen LogP) is 3.31. The lowest BCUT2D eigenvalue weighted by molar-refractivity contribution is 0.355. The van der Waals surface area contributed by atoms with Gasteiger partial charge in [-0.25, -0.2) is 9.37 Å². The molecule has 27 heavy (non-hydrogen) atoms. The van der Waals surface area contributed by atoms with E-state index in [9.17, 15) is 9.18 Å². The van der Waals surface area contributed by atoms with Gasteiger partial charge in [-0.05, 0) is 42.5 Å². The van der Waals surface area contributed by atoms with Crippen LogP contribution in [0.3, 0.4) is 0 Å². The number of nitrogens with zero attached hydrogens (tertiary/aromatic N) is 3. The lowest BCUT2D eigenvalue weighted by Gasteiger charge is -2.08. The zero-order valence-corrected chi connectivity index (χ0v) is 14.7. The van der Waals surface area contributed by atoms with Gasteiger partial charge in [0.15, 0.2) is 11.5 Å². The SMILES string of the molecule is COc1ccc(-c2cn3ccn(-c4ccc(F)cc4)c(=O)c3n2)cc1OC. The molecule has 0 aliphatic heterocycles. The van der Waals surface area contributed by atoms with E-state index >= 15 is 0 Å². The van der Waals surface area contributed by atoms with Gasteiger partial charge in [0.05, 0.1) is 19.9 Å². The smallest absolute Gasteiger partial charge is 0.298 e. The zero-order valence-electron chi connectivity index (χ0n) is 14.7. The monoisotopic (exact) mass is 365 g/mol. The zero-order chi connectivity index (χ0) is 19.0. The van der Waals surface area contributed by atoms with Crippen molar-refractivity contribution >= 4 is 5.65 Å². The Balaban J connectivity index is 1.82. The fourth-order valence-electron chi connectivity index (χ4n) is 2.92. The molecule has 2 heterocycles. The molecule has 6 nitrogen and oxygen atoms in total. The van der Waals surface area contributed by atoms with Gasteiger partial charge in [0.1, 0.15) is 5.82 Å². The number of hydrogen-bond acceptors (Lipinski definition) is 4. The first-order valence-corrected chi connectivity index (χ1v) is 8.19. The van der Waals surface area contributed by atoms with Gasteiger partial charge in [-0.1, -0.05) is 0 Å². The molecule has 7 heteroatoms. The minimum atomic E-state index is -0.357. The van der Waals surface area contributed by atoms with E-state index in [0.717, 1.165) is 5.56 Å². The molecule has 0 saturated carbocycles. The molecule has 0 unspecified atom stereocenters. The first kappa shape index (κ1) is 16.8. The summed E-state index contributed by atoms with van der Waals surface area (Å²) in [6.07, 6.45) is 5.13. The number of aromatic nitrogens is 3. The molecular weight excluding hydrogens is 349 g/mol. The molecule has 2 aromatic carbocycles. The van der Waals surface area contributed by atoms with E-state index in [-0.39, 0.29) is 17.0 Å². The number of hydrogen-bond donors (Lipinski definition) is 0. The van der Waals surface area contributed by atoms with Crippen molar-refractivity contribution in [1.82, 2.24) is 14.0 Å². The average molecular weight is 365 g/mol. The third-order valence-electron chi connectivity index (χ3n) is 4.30. The van der Waals surface area contributed by atoms with Gasteiger partial charge in [0, 0.05) is 29.8 Å². The van der Waals surface area contributed by atoms with E-state index in [1.807, 2.05) is 6.07 Å². The Morgan fingerprint density at radius 1 is 0.963 bits per heavy atom. The van der Waals surface area contributed by atoms with Crippen LogP contribution >= 0.6 is 0 Å². The molecule has 136 valence electrons. The molecule has 2 aromatic heterocycles. The summed E-state index contributed by atoms with van der Waals surface area (Å²) in [4.78, 5) is 17.3. The van der Waals surface area contributed by atoms with Gasteiger partial charge in [0.25, 0.3) is 5.56 Å². The van der Waals surface area contributed by atoms with Crippen LogP contribution < -0.4 is 15.0 Å². The van der Waals surface area contributed by atoms with E-state index in [4.69, 9.17) is 9.47 Å². The van der Waals surface area contributed by atoms with E-state index in [0.29, 0.717) is 22.9 Å². The fourth-order valence-corrected chi connectivity index (χ4v) is 2.92. The van der Waals surface area contributed by atoms with Gasteiger partial charge in [-0.3, -0.25) is 9.36 Å². The molecule has 0 atom stereocenters. The molecule has 4 rings (SSSR count). The first-order valence-electron chi connectivity index (χ1n) is 8.19. The summed E-state index contributed by atoms with van der Waals surface area (Å²) in [5, 5.41) is 0. The predicted molar refractivity (Wildman–Crippen MR) is 99.3 cm³/mol. The Morgan fingerprint density at radius 3 is 2.41 bits per heavy atom. The normalized spacial score (nSPS) is 10.9. The Kier molecular flexibility index (Phi) is 4.12. The van der Waals surface area contributed by atoms with Gasteiger partial charge in [-0.15, -0.1) is 0 Å². The van der Waals surface area contributed by atoms with E-state index in [2.05, 4.69) is 4.98 Å². The van der Waals surface area contributed by atoms with E-state index in [1.165, 1.54) is 16.7 Å². The standard InChI is InChI=1S/C20H16FN3O3/c1-26-17-8-3-13(11-18(17)27-2)16-12-23-9-10-24(20(25)19(23)22-16)15-6-4-14(21)5-7-15/h3-12H,1-2H3. The molecule has 4 aromatic rings. The molecule has 0 N–H and O–H groups in total. The van der Waals surface area contributed by atoms with Crippen LogP contribution in [0, 0.1) is 5.82 Å². The lowest BCUT2D eigenvalue weighted by Crippen LogP contribution is -2.19. The number of fused-ring (bicyclic) bond motifs is 1. The Labute approximate surface area is 154 Å². The van der Waals surface area contributed by atoms with E-state index < -0.39 is 0 Å². The summed E-state index contributed by atoms with van der Waals surface area (Å²) in [5.74, 6) is 0.837. The molecule has 0 fully saturated rings. The van der Waals surface area contributed by atoms with Crippen LogP contribution in [0.15, 0.2) is 65.8 Å². The topological polar surface area (TPSA) is 57.8 Å². The molecule has 0 saturated heterocycles. The first-order chi connectivity index (χ1) is 13.1.